The largest absolute Gasteiger partial charge is 0.459 e. The number of hydrogen-bond acceptors (Lipinski definition) is 4. The van der Waals surface area contributed by atoms with Crippen LogP contribution in [0.4, 0.5) is 0 Å². The van der Waals surface area contributed by atoms with Gasteiger partial charge in [0.05, 0.1) is 23.4 Å². The molecule has 4 rings (SSSR count). The van der Waals surface area contributed by atoms with Gasteiger partial charge in [-0.05, 0) is 54.7 Å². The molecule has 0 spiro atoms. The van der Waals surface area contributed by atoms with Gasteiger partial charge < -0.3 is 19.7 Å². The summed E-state index contributed by atoms with van der Waals surface area (Å²) < 4.78 is 6.17. The van der Waals surface area contributed by atoms with E-state index in [1.807, 2.05) is 41.3 Å². The van der Waals surface area contributed by atoms with Crippen LogP contribution < -0.4 is 5.32 Å². The van der Waals surface area contributed by atoms with Crippen LogP contribution >= 0.6 is 35.4 Å². The van der Waals surface area contributed by atoms with Crippen molar-refractivity contribution in [1.82, 2.24) is 15.2 Å². The number of thiocarbonyl (C=S) groups is 1. The smallest absolute Gasteiger partial charge is 0.170 e. The number of nitrogens with one attached hydrogen (secondary N) is 1. The highest BCUT2D eigenvalue weighted by atomic mass is 35.5. The van der Waals surface area contributed by atoms with E-state index in [0.29, 0.717) is 33.2 Å². The molecule has 0 saturated carbocycles. The standard InChI is InChI=1S/C20H17Cl2N3O2S/c21-12-4-5-13(14(22)11-12)16-6-7-17(27-16)19-18(15-3-1-2-8-23-15)24-20(28)25(19)9-10-26/h1-8,11,18-19,26H,9-10H2,(H,24,28)/t18-,19+/m1/s1. The fraction of sp³-hybridized carbons (Fsp3) is 0.200. The number of aliphatic hydroxyl groups is 1. The van der Waals surface area contributed by atoms with Crippen molar-refractivity contribution in [2.75, 3.05) is 13.2 Å². The molecule has 0 bridgehead atoms. The molecule has 144 valence electrons. The Hall–Kier alpha value is -2.12. The van der Waals surface area contributed by atoms with Gasteiger partial charge in [0.1, 0.15) is 17.6 Å². The molecule has 3 heterocycles. The minimum atomic E-state index is -0.241. The first kappa shape index (κ1) is 19.2. The Morgan fingerprint density at radius 1 is 1.18 bits per heavy atom. The fourth-order valence-corrected chi connectivity index (χ4v) is 4.24. The molecule has 1 aromatic carbocycles. The Morgan fingerprint density at radius 2 is 2.04 bits per heavy atom. The van der Waals surface area contributed by atoms with Gasteiger partial charge in [0.2, 0.25) is 0 Å². The molecular formula is C20H17Cl2N3O2S. The monoisotopic (exact) mass is 433 g/mol. The molecule has 5 nitrogen and oxygen atoms in total. The summed E-state index contributed by atoms with van der Waals surface area (Å²) in [5.74, 6) is 1.34. The lowest BCUT2D eigenvalue weighted by molar-refractivity contribution is 0.209. The van der Waals surface area contributed by atoms with Crippen LogP contribution in [0.15, 0.2) is 59.1 Å². The zero-order valence-corrected chi connectivity index (χ0v) is 17.0. The van der Waals surface area contributed by atoms with Gasteiger partial charge in [-0.25, -0.2) is 0 Å². The molecule has 2 aromatic heterocycles. The first-order valence-electron chi connectivity index (χ1n) is 8.72. The summed E-state index contributed by atoms with van der Waals surface area (Å²) in [5, 5.41) is 14.4. The summed E-state index contributed by atoms with van der Waals surface area (Å²) in [6.07, 6.45) is 1.74. The highest BCUT2D eigenvalue weighted by Gasteiger charge is 2.41. The molecule has 2 atom stereocenters. The maximum Gasteiger partial charge on any atom is 0.170 e. The van der Waals surface area contributed by atoms with Gasteiger partial charge in [0, 0.05) is 23.3 Å². The molecule has 28 heavy (non-hydrogen) atoms. The zero-order chi connectivity index (χ0) is 19.7. The van der Waals surface area contributed by atoms with E-state index in [9.17, 15) is 5.11 Å². The Morgan fingerprint density at radius 3 is 2.75 bits per heavy atom. The Bertz CT molecular complexity index is 996. The number of aliphatic hydroxyl groups excluding tert-OH is 1. The maximum atomic E-state index is 9.51. The Labute approximate surface area is 177 Å². The van der Waals surface area contributed by atoms with Gasteiger partial charge in [-0.15, -0.1) is 0 Å². The van der Waals surface area contributed by atoms with Gasteiger partial charge in [-0.3, -0.25) is 4.98 Å². The minimum absolute atomic E-state index is 0.0240. The molecule has 0 amide bonds. The highest BCUT2D eigenvalue weighted by Crippen LogP contribution is 2.41. The summed E-state index contributed by atoms with van der Waals surface area (Å²) in [5.41, 5.74) is 1.60. The van der Waals surface area contributed by atoms with Crippen molar-refractivity contribution in [2.24, 2.45) is 0 Å². The lowest BCUT2D eigenvalue weighted by Crippen LogP contribution is -2.32. The van der Waals surface area contributed by atoms with Crippen LogP contribution in [0.3, 0.4) is 0 Å². The van der Waals surface area contributed by atoms with Crippen molar-refractivity contribution in [3.63, 3.8) is 0 Å². The lowest BCUT2D eigenvalue weighted by Gasteiger charge is -2.25. The van der Waals surface area contributed by atoms with Crippen molar-refractivity contribution in [2.45, 2.75) is 12.1 Å². The molecule has 1 saturated heterocycles. The number of aromatic nitrogens is 1. The van der Waals surface area contributed by atoms with E-state index in [1.54, 1.807) is 18.3 Å². The van der Waals surface area contributed by atoms with Crippen molar-refractivity contribution >= 4 is 40.5 Å². The topological polar surface area (TPSA) is 61.5 Å². The van der Waals surface area contributed by atoms with Crippen molar-refractivity contribution in [3.8, 4) is 11.3 Å². The highest BCUT2D eigenvalue weighted by molar-refractivity contribution is 7.80. The number of nitrogens with zero attached hydrogens (tertiary/aromatic N) is 2. The predicted octanol–water partition coefficient (Wildman–Crippen LogP) is 4.61. The molecule has 2 N–H and O–H groups in total. The molecule has 1 fully saturated rings. The number of β-amino-alcohol motifs (C(OH)–C–C–N with tert-alkyl or cyclic N) is 1. The normalized spacial score (nSPS) is 19.1. The second kappa shape index (κ2) is 8.09. The quantitative estimate of drug-likeness (QED) is 0.572. The van der Waals surface area contributed by atoms with Crippen molar-refractivity contribution in [3.05, 3.63) is 76.2 Å². The van der Waals surface area contributed by atoms with Crippen LogP contribution in [0.25, 0.3) is 11.3 Å². The van der Waals surface area contributed by atoms with Gasteiger partial charge in [-0.2, -0.15) is 0 Å². The van der Waals surface area contributed by atoms with E-state index in [-0.39, 0.29) is 18.7 Å². The predicted molar refractivity (Wildman–Crippen MR) is 113 cm³/mol. The Kier molecular flexibility index (Phi) is 5.55. The number of furan rings is 1. The molecule has 1 aliphatic heterocycles. The maximum absolute atomic E-state index is 9.51. The molecule has 0 aliphatic carbocycles. The molecule has 8 heteroatoms. The number of hydrogen-bond donors (Lipinski definition) is 2. The van der Waals surface area contributed by atoms with Crippen LogP contribution in [0.5, 0.6) is 0 Å². The third-order valence-corrected chi connectivity index (χ3v) is 5.55. The molecule has 3 aromatic rings. The van der Waals surface area contributed by atoms with E-state index < -0.39 is 0 Å². The number of benzene rings is 1. The second-order valence-electron chi connectivity index (χ2n) is 6.37. The third kappa shape index (κ3) is 3.61. The van der Waals surface area contributed by atoms with E-state index in [0.717, 1.165) is 11.3 Å². The van der Waals surface area contributed by atoms with Gasteiger partial charge >= 0.3 is 0 Å². The van der Waals surface area contributed by atoms with Crippen LogP contribution in [0.2, 0.25) is 10.0 Å². The molecule has 1 aliphatic rings. The number of rotatable bonds is 5. The molecule has 0 radical (unpaired) electrons. The van der Waals surface area contributed by atoms with E-state index in [2.05, 4.69) is 10.3 Å². The summed E-state index contributed by atoms with van der Waals surface area (Å²) in [7, 11) is 0. The number of pyridine rings is 1. The third-order valence-electron chi connectivity index (χ3n) is 4.65. The van der Waals surface area contributed by atoms with Crippen LogP contribution in [0.1, 0.15) is 23.5 Å². The minimum Gasteiger partial charge on any atom is -0.459 e. The second-order valence-corrected chi connectivity index (χ2v) is 7.60. The summed E-state index contributed by atoms with van der Waals surface area (Å²) in [6.45, 7) is 0.363. The van der Waals surface area contributed by atoms with Crippen LogP contribution in [-0.2, 0) is 0 Å². The average Bonchev–Trinajstić information content (AvgIpc) is 3.28. The average molecular weight is 434 g/mol. The fourth-order valence-electron chi connectivity index (χ4n) is 3.41. The van der Waals surface area contributed by atoms with E-state index in [1.165, 1.54) is 0 Å². The van der Waals surface area contributed by atoms with E-state index >= 15 is 0 Å². The SMILES string of the molecule is OCCN1C(=S)N[C@H](c2ccccn2)[C@@H]1c1ccc(-c2ccc(Cl)cc2Cl)o1. The van der Waals surface area contributed by atoms with Crippen LogP contribution in [0, 0.1) is 0 Å². The van der Waals surface area contributed by atoms with E-state index in [4.69, 9.17) is 39.8 Å². The summed E-state index contributed by atoms with van der Waals surface area (Å²) in [4.78, 5) is 6.38. The first-order chi connectivity index (χ1) is 13.6. The van der Waals surface area contributed by atoms with Gasteiger partial charge in [0.15, 0.2) is 5.11 Å². The van der Waals surface area contributed by atoms with Crippen molar-refractivity contribution < 1.29 is 9.52 Å². The Balaban J connectivity index is 1.73. The zero-order valence-electron chi connectivity index (χ0n) is 14.7. The number of halogens is 2. The van der Waals surface area contributed by atoms with Gasteiger partial charge in [-0.1, -0.05) is 29.3 Å². The van der Waals surface area contributed by atoms with Gasteiger partial charge in [0.25, 0.3) is 0 Å². The molecule has 0 unspecified atom stereocenters. The molecular weight excluding hydrogens is 417 g/mol. The van der Waals surface area contributed by atoms with Crippen LogP contribution in [-0.4, -0.2) is 33.3 Å². The van der Waals surface area contributed by atoms with Crippen molar-refractivity contribution in [1.29, 1.82) is 0 Å². The summed E-state index contributed by atoms with van der Waals surface area (Å²) >= 11 is 17.8. The summed E-state index contributed by atoms with van der Waals surface area (Å²) in [6, 6.07) is 14.4. The lowest BCUT2D eigenvalue weighted by atomic mass is 10.0. The first-order valence-corrected chi connectivity index (χ1v) is 9.89.